The number of likely N-dealkylation sites (tertiary alicyclic amines) is 2. The van der Waals surface area contributed by atoms with Gasteiger partial charge in [-0.2, -0.15) is 0 Å². The zero-order valence-corrected chi connectivity index (χ0v) is 21.8. The van der Waals surface area contributed by atoms with E-state index in [-0.39, 0.29) is 12.1 Å². The zero-order valence-electron chi connectivity index (χ0n) is 21.8. The van der Waals surface area contributed by atoms with Gasteiger partial charge in [0.05, 0.1) is 6.04 Å². The highest BCUT2D eigenvalue weighted by Gasteiger charge is 2.34. The molecular formula is C29H48N4O. The lowest BCUT2D eigenvalue weighted by atomic mass is 9.84. The summed E-state index contributed by atoms with van der Waals surface area (Å²) < 4.78 is 0. The van der Waals surface area contributed by atoms with E-state index in [0.29, 0.717) is 5.92 Å². The van der Waals surface area contributed by atoms with Crippen molar-refractivity contribution in [2.45, 2.75) is 83.0 Å². The Morgan fingerprint density at radius 3 is 2.50 bits per heavy atom. The Kier molecular flexibility index (Phi) is 11.1. The molecule has 1 aromatic rings. The molecule has 190 valence electrons. The Balaban J connectivity index is 0.000000192. The van der Waals surface area contributed by atoms with Crippen LogP contribution < -0.4 is 10.6 Å². The van der Waals surface area contributed by atoms with Crippen molar-refractivity contribution < 1.29 is 4.79 Å². The standard InChI is InChI=1S/C16H24N2.C13H24N2O/c1-17-11-9-15-8-5-10-18(13-16(15)17)12-14-6-3-2-4-7-14;1-10(14-3)11(2)15-13(9-16)12-7-5-4-6-8-12/h2-4,6-7,15-16H,5,8-13H2,1H3;9-10,12-15H,2,4-8H2,1,3H3/t;10-,13?/m.0/s1. The van der Waals surface area contributed by atoms with Gasteiger partial charge in [-0.15, -0.1) is 0 Å². The number of hydrogen-bond donors (Lipinski definition) is 2. The van der Waals surface area contributed by atoms with Crippen LogP contribution in [0.15, 0.2) is 42.6 Å². The van der Waals surface area contributed by atoms with Crippen LogP contribution in [-0.4, -0.2) is 67.9 Å². The van der Waals surface area contributed by atoms with Crippen molar-refractivity contribution in [3.8, 4) is 0 Å². The topological polar surface area (TPSA) is 47.6 Å². The van der Waals surface area contributed by atoms with E-state index in [1.165, 1.54) is 63.7 Å². The number of likely N-dealkylation sites (N-methyl/N-ethyl adjacent to an activating group) is 2. The van der Waals surface area contributed by atoms with E-state index < -0.39 is 0 Å². The monoisotopic (exact) mass is 468 g/mol. The summed E-state index contributed by atoms with van der Waals surface area (Å²) in [6, 6.07) is 11.9. The lowest BCUT2D eigenvalue weighted by molar-refractivity contribution is -0.110. The SMILES string of the molecule is C=C(NC(C=O)C1CCCCC1)[C@H](C)NC.CN1CCC2CCCN(Cc3ccccc3)CC21. The van der Waals surface area contributed by atoms with E-state index in [1.807, 2.05) is 14.0 Å². The van der Waals surface area contributed by atoms with Crippen LogP contribution in [0.5, 0.6) is 0 Å². The second kappa shape index (κ2) is 14.0. The largest absolute Gasteiger partial charge is 0.378 e. The first kappa shape index (κ1) is 26.9. The Morgan fingerprint density at radius 2 is 1.82 bits per heavy atom. The van der Waals surface area contributed by atoms with E-state index in [4.69, 9.17) is 0 Å². The van der Waals surface area contributed by atoms with Gasteiger partial charge in [0.25, 0.3) is 0 Å². The number of carbonyl (C=O) groups excluding carboxylic acids is 1. The van der Waals surface area contributed by atoms with E-state index in [9.17, 15) is 4.79 Å². The zero-order chi connectivity index (χ0) is 24.3. The number of hydrogen-bond acceptors (Lipinski definition) is 5. The third-order valence-corrected chi connectivity index (χ3v) is 8.32. The molecule has 2 saturated heterocycles. The van der Waals surface area contributed by atoms with Crippen LogP contribution in [0.4, 0.5) is 0 Å². The smallest absolute Gasteiger partial charge is 0.142 e. The maximum atomic E-state index is 11.1. The summed E-state index contributed by atoms with van der Waals surface area (Å²) in [6.07, 6.45) is 11.4. The lowest BCUT2D eigenvalue weighted by Gasteiger charge is -2.29. The van der Waals surface area contributed by atoms with E-state index in [1.54, 1.807) is 0 Å². The van der Waals surface area contributed by atoms with Crippen molar-refractivity contribution >= 4 is 6.29 Å². The molecule has 2 aliphatic heterocycles. The van der Waals surface area contributed by atoms with Gasteiger partial charge in [-0.25, -0.2) is 0 Å². The quantitative estimate of drug-likeness (QED) is 0.552. The fraction of sp³-hybridized carbons (Fsp3) is 0.690. The Bertz CT molecular complexity index is 733. The summed E-state index contributed by atoms with van der Waals surface area (Å²) in [5.74, 6) is 1.45. The molecule has 3 aliphatic rings. The molecule has 2 N–H and O–H groups in total. The summed E-state index contributed by atoms with van der Waals surface area (Å²) in [5, 5.41) is 6.38. The molecule has 5 nitrogen and oxygen atoms in total. The summed E-state index contributed by atoms with van der Waals surface area (Å²) in [6.45, 7) is 11.0. The van der Waals surface area contributed by atoms with Crippen molar-refractivity contribution in [1.29, 1.82) is 0 Å². The highest BCUT2D eigenvalue weighted by Crippen LogP contribution is 2.30. The van der Waals surface area contributed by atoms with Crippen LogP contribution >= 0.6 is 0 Å². The number of rotatable bonds is 8. The average molecular weight is 469 g/mol. The van der Waals surface area contributed by atoms with Gasteiger partial charge < -0.3 is 20.3 Å². The van der Waals surface area contributed by atoms with Gasteiger partial charge in [0.15, 0.2) is 0 Å². The molecule has 0 aromatic heterocycles. The van der Waals surface area contributed by atoms with Crippen LogP contribution in [0, 0.1) is 11.8 Å². The molecule has 4 atom stereocenters. The highest BCUT2D eigenvalue weighted by atomic mass is 16.1. The summed E-state index contributed by atoms with van der Waals surface area (Å²) >= 11 is 0. The maximum Gasteiger partial charge on any atom is 0.142 e. The second-order valence-corrected chi connectivity index (χ2v) is 10.7. The van der Waals surface area contributed by atoms with Crippen LogP contribution in [0.25, 0.3) is 0 Å². The fourth-order valence-corrected chi connectivity index (χ4v) is 5.90. The van der Waals surface area contributed by atoms with Gasteiger partial charge in [0.1, 0.15) is 6.29 Å². The van der Waals surface area contributed by atoms with Crippen LogP contribution in [0.3, 0.4) is 0 Å². The molecule has 4 rings (SSSR count). The van der Waals surface area contributed by atoms with Crippen LogP contribution in [0.2, 0.25) is 0 Å². The minimum Gasteiger partial charge on any atom is -0.378 e. The second-order valence-electron chi connectivity index (χ2n) is 10.7. The Morgan fingerprint density at radius 1 is 1.09 bits per heavy atom. The predicted molar refractivity (Wildman–Crippen MR) is 143 cm³/mol. The van der Waals surface area contributed by atoms with Crippen molar-refractivity contribution in [3.63, 3.8) is 0 Å². The number of benzene rings is 1. The number of nitrogens with zero attached hydrogens (tertiary/aromatic N) is 2. The molecular weight excluding hydrogens is 420 g/mol. The first-order valence-corrected chi connectivity index (χ1v) is 13.6. The van der Waals surface area contributed by atoms with E-state index >= 15 is 0 Å². The lowest BCUT2D eigenvalue weighted by Crippen LogP contribution is -2.42. The van der Waals surface area contributed by atoms with Crippen LogP contribution in [-0.2, 0) is 11.3 Å². The number of aldehydes is 1. The van der Waals surface area contributed by atoms with Gasteiger partial charge in [-0.3, -0.25) is 4.90 Å². The average Bonchev–Trinajstić information content (AvgIpc) is 3.09. The number of carbonyl (C=O) groups is 1. The molecule has 34 heavy (non-hydrogen) atoms. The molecule has 0 bridgehead atoms. The van der Waals surface area contributed by atoms with Crippen molar-refractivity contribution in [1.82, 2.24) is 20.4 Å². The van der Waals surface area contributed by atoms with Gasteiger partial charge in [-0.05, 0) is 83.6 Å². The number of nitrogens with one attached hydrogen (secondary N) is 2. The molecule has 5 heteroatoms. The Labute approximate surface area is 208 Å². The summed E-state index contributed by atoms with van der Waals surface area (Å²) in [4.78, 5) is 16.4. The van der Waals surface area contributed by atoms with Crippen molar-refractivity contribution in [2.24, 2.45) is 11.8 Å². The summed E-state index contributed by atoms with van der Waals surface area (Å²) in [5.41, 5.74) is 2.36. The molecule has 0 spiro atoms. The molecule has 0 radical (unpaired) electrons. The minimum atomic E-state index is -0.0522. The predicted octanol–water partition coefficient (Wildman–Crippen LogP) is 4.45. The van der Waals surface area contributed by atoms with E-state index in [0.717, 1.165) is 43.3 Å². The summed E-state index contributed by atoms with van der Waals surface area (Å²) in [7, 11) is 4.20. The first-order valence-electron chi connectivity index (χ1n) is 13.6. The van der Waals surface area contributed by atoms with Crippen molar-refractivity contribution in [2.75, 3.05) is 33.7 Å². The maximum absolute atomic E-state index is 11.1. The Hall–Kier alpha value is -1.69. The molecule has 1 aliphatic carbocycles. The molecule has 3 fully saturated rings. The van der Waals surface area contributed by atoms with Gasteiger partial charge in [0.2, 0.25) is 0 Å². The molecule has 1 aromatic carbocycles. The van der Waals surface area contributed by atoms with Gasteiger partial charge in [-0.1, -0.05) is 56.2 Å². The van der Waals surface area contributed by atoms with Crippen molar-refractivity contribution in [3.05, 3.63) is 48.2 Å². The highest BCUT2D eigenvalue weighted by molar-refractivity contribution is 5.58. The van der Waals surface area contributed by atoms with Gasteiger partial charge in [0, 0.05) is 30.9 Å². The molecule has 1 saturated carbocycles. The molecule has 0 amide bonds. The van der Waals surface area contributed by atoms with E-state index in [2.05, 4.69) is 64.4 Å². The number of fused-ring (bicyclic) bond motifs is 1. The fourth-order valence-electron chi connectivity index (χ4n) is 5.90. The third-order valence-electron chi connectivity index (χ3n) is 8.32. The first-order chi connectivity index (χ1) is 16.5. The minimum absolute atomic E-state index is 0.0522. The normalized spacial score (nSPS) is 25.9. The third kappa shape index (κ3) is 7.93. The molecule has 2 heterocycles. The van der Waals surface area contributed by atoms with Gasteiger partial charge >= 0.3 is 0 Å². The molecule has 3 unspecified atom stereocenters. The van der Waals surface area contributed by atoms with Crippen LogP contribution in [0.1, 0.15) is 63.9 Å².